The van der Waals surface area contributed by atoms with E-state index in [0.717, 1.165) is 13.0 Å². The summed E-state index contributed by atoms with van der Waals surface area (Å²) in [6, 6.07) is 7.68. The molecule has 0 aliphatic carbocycles. The lowest BCUT2D eigenvalue weighted by molar-refractivity contribution is 0.203. The van der Waals surface area contributed by atoms with Crippen LogP contribution in [-0.2, 0) is 19.4 Å². The van der Waals surface area contributed by atoms with Crippen molar-refractivity contribution in [3.8, 4) is 0 Å². The minimum atomic E-state index is 0.642. The third-order valence-electron chi connectivity index (χ3n) is 4.15. The molecule has 2 aromatic rings. The Kier molecular flexibility index (Phi) is 2.90. The van der Waals surface area contributed by atoms with Gasteiger partial charge in [0, 0.05) is 30.3 Å². The highest BCUT2D eigenvalue weighted by Gasteiger charge is 2.19. The minimum Gasteiger partial charge on any atom is -0.358 e. The SMILES string of the molecule is CCc1cc2cc3c(cc2[nH]1)CN(C(C)C)CC3. The summed E-state index contributed by atoms with van der Waals surface area (Å²) in [6.45, 7) is 9.07. The van der Waals surface area contributed by atoms with E-state index < -0.39 is 0 Å². The summed E-state index contributed by atoms with van der Waals surface area (Å²) in [5, 5.41) is 1.38. The molecule has 0 fully saturated rings. The van der Waals surface area contributed by atoms with Crippen LogP contribution in [0.15, 0.2) is 18.2 Å². The normalized spacial score (nSPS) is 16.4. The van der Waals surface area contributed by atoms with Gasteiger partial charge in [-0.3, -0.25) is 4.90 Å². The molecule has 0 atom stereocenters. The van der Waals surface area contributed by atoms with Gasteiger partial charge in [0.2, 0.25) is 0 Å². The largest absolute Gasteiger partial charge is 0.358 e. The topological polar surface area (TPSA) is 19.0 Å². The lowest BCUT2D eigenvalue weighted by atomic mass is 9.97. The molecule has 0 bridgehead atoms. The van der Waals surface area contributed by atoms with Crippen LogP contribution in [0.3, 0.4) is 0 Å². The van der Waals surface area contributed by atoms with Crippen LogP contribution in [-0.4, -0.2) is 22.5 Å². The van der Waals surface area contributed by atoms with Crippen LogP contribution in [0, 0.1) is 0 Å². The summed E-state index contributed by atoms with van der Waals surface area (Å²) in [4.78, 5) is 6.07. The number of hydrogen-bond donors (Lipinski definition) is 1. The second-order valence-corrected chi connectivity index (χ2v) is 5.67. The maximum absolute atomic E-state index is 3.52. The number of fused-ring (bicyclic) bond motifs is 2. The molecule has 2 heteroatoms. The molecule has 0 unspecified atom stereocenters. The molecule has 0 radical (unpaired) electrons. The molecule has 3 rings (SSSR count). The first-order chi connectivity index (χ1) is 8.67. The number of H-pyrrole nitrogens is 1. The van der Waals surface area contributed by atoms with Crippen molar-refractivity contribution in [2.24, 2.45) is 0 Å². The van der Waals surface area contributed by atoms with Crippen LogP contribution < -0.4 is 0 Å². The van der Waals surface area contributed by atoms with Crippen molar-refractivity contribution in [3.05, 3.63) is 35.0 Å². The van der Waals surface area contributed by atoms with Gasteiger partial charge in [0.05, 0.1) is 0 Å². The Bertz CT molecular complexity index is 566. The number of nitrogens with zero attached hydrogens (tertiary/aromatic N) is 1. The zero-order valence-corrected chi connectivity index (χ0v) is 11.6. The highest BCUT2D eigenvalue weighted by Crippen LogP contribution is 2.26. The highest BCUT2D eigenvalue weighted by molar-refractivity contribution is 5.82. The van der Waals surface area contributed by atoms with E-state index in [0.29, 0.717) is 6.04 Å². The molecule has 18 heavy (non-hydrogen) atoms. The molecule has 2 nitrogen and oxygen atoms in total. The molecule has 1 aromatic carbocycles. The first-order valence-corrected chi connectivity index (χ1v) is 7.05. The van der Waals surface area contributed by atoms with Crippen LogP contribution >= 0.6 is 0 Å². The molecule has 1 N–H and O–H groups in total. The number of benzene rings is 1. The number of rotatable bonds is 2. The zero-order valence-electron chi connectivity index (χ0n) is 11.6. The lowest BCUT2D eigenvalue weighted by Gasteiger charge is -2.31. The number of aromatic nitrogens is 1. The summed E-state index contributed by atoms with van der Waals surface area (Å²) >= 11 is 0. The number of hydrogen-bond acceptors (Lipinski definition) is 1. The quantitative estimate of drug-likeness (QED) is 0.854. The third-order valence-corrected chi connectivity index (χ3v) is 4.15. The van der Waals surface area contributed by atoms with Gasteiger partial charge in [-0.2, -0.15) is 0 Å². The van der Waals surface area contributed by atoms with Crippen molar-refractivity contribution < 1.29 is 0 Å². The Morgan fingerprint density at radius 2 is 2.06 bits per heavy atom. The zero-order chi connectivity index (χ0) is 12.7. The van der Waals surface area contributed by atoms with E-state index >= 15 is 0 Å². The number of aromatic amines is 1. The van der Waals surface area contributed by atoms with Crippen LogP contribution in [0.5, 0.6) is 0 Å². The van der Waals surface area contributed by atoms with Gasteiger partial charge in [0.1, 0.15) is 0 Å². The van der Waals surface area contributed by atoms with Gasteiger partial charge in [-0.1, -0.05) is 6.92 Å². The summed E-state index contributed by atoms with van der Waals surface area (Å²) in [5.41, 5.74) is 5.69. The first kappa shape index (κ1) is 11.8. The van der Waals surface area contributed by atoms with Crippen molar-refractivity contribution >= 4 is 10.9 Å². The summed E-state index contributed by atoms with van der Waals surface area (Å²) in [5.74, 6) is 0. The number of nitrogens with one attached hydrogen (secondary N) is 1. The Morgan fingerprint density at radius 1 is 1.22 bits per heavy atom. The van der Waals surface area contributed by atoms with Gasteiger partial charge in [-0.15, -0.1) is 0 Å². The Morgan fingerprint density at radius 3 is 2.78 bits per heavy atom. The van der Waals surface area contributed by atoms with E-state index in [9.17, 15) is 0 Å². The Hall–Kier alpha value is -1.28. The van der Waals surface area contributed by atoms with Gasteiger partial charge in [-0.25, -0.2) is 0 Å². The van der Waals surface area contributed by atoms with Crippen LogP contribution in [0.25, 0.3) is 10.9 Å². The van der Waals surface area contributed by atoms with Crippen molar-refractivity contribution in [2.45, 2.75) is 46.2 Å². The smallest absolute Gasteiger partial charge is 0.0459 e. The average molecular weight is 242 g/mol. The second-order valence-electron chi connectivity index (χ2n) is 5.67. The molecule has 0 amide bonds. The lowest BCUT2D eigenvalue weighted by Crippen LogP contribution is -2.35. The maximum Gasteiger partial charge on any atom is 0.0459 e. The van der Waals surface area contributed by atoms with E-state index in [1.807, 2.05) is 0 Å². The van der Waals surface area contributed by atoms with Gasteiger partial charge in [-0.05, 0) is 61.4 Å². The molecule has 0 spiro atoms. The van der Waals surface area contributed by atoms with Gasteiger partial charge < -0.3 is 4.98 Å². The van der Waals surface area contributed by atoms with Crippen molar-refractivity contribution in [3.63, 3.8) is 0 Å². The first-order valence-electron chi connectivity index (χ1n) is 7.05. The molecule has 1 aliphatic heterocycles. The van der Waals surface area contributed by atoms with E-state index in [-0.39, 0.29) is 0 Å². The third kappa shape index (κ3) is 1.95. The summed E-state index contributed by atoms with van der Waals surface area (Å²) in [7, 11) is 0. The van der Waals surface area contributed by atoms with Crippen LogP contribution in [0.1, 0.15) is 37.6 Å². The second kappa shape index (κ2) is 4.43. The fourth-order valence-electron chi connectivity index (χ4n) is 2.91. The molecule has 2 heterocycles. The predicted octanol–water partition coefficient (Wildman–Crippen LogP) is 3.50. The van der Waals surface area contributed by atoms with Crippen molar-refractivity contribution in [1.29, 1.82) is 0 Å². The van der Waals surface area contributed by atoms with E-state index in [1.54, 1.807) is 5.56 Å². The molecule has 0 saturated heterocycles. The standard InChI is InChI=1S/C16H22N2/c1-4-15-8-13-7-12-5-6-18(11(2)3)10-14(12)9-16(13)17-15/h7-9,11,17H,4-6,10H2,1-3H3. The highest BCUT2D eigenvalue weighted by atomic mass is 15.1. The van der Waals surface area contributed by atoms with Crippen LogP contribution in [0.4, 0.5) is 0 Å². The molecule has 0 saturated carbocycles. The van der Waals surface area contributed by atoms with Crippen molar-refractivity contribution in [2.75, 3.05) is 6.54 Å². The van der Waals surface area contributed by atoms with Gasteiger partial charge in [0.25, 0.3) is 0 Å². The molecule has 1 aromatic heterocycles. The fraction of sp³-hybridized carbons (Fsp3) is 0.500. The van der Waals surface area contributed by atoms with Gasteiger partial charge >= 0.3 is 0 Å². The monoisotopic (exact) mass is 242 g/mol. The predicted molar refractivity (Wildman–Crippen MR) is 76.9 cm³/mol. The number of aryl methyl sites for hydroxylation is 1. The average Bonchev–Trinajstić information content (AvgIpc) is 2.76. The van der Waals surface area contributed by atoms with E-state index in [1.165, 1.54) is 35.1 Å². The molecular weight excluding hydrogens is 220 g/mol. The van der Waals surface area contributed by atoms with E-state index in [4.69, 9.17) is 0 Å². The summed E-state index contributed by atoms with van der Waals surface area (Å²) < 4.78 is 0. The molecule has 1 aliphatic rings. The van der Waals surface area contributed by atoms with Crippen LogP contribution in [0.2, 0.25) is 0 Å². The van der Waals surface area contributed by atoms with E-state index in [2.05, 4.69) is 48.9 Å². The van der Waals surface area contributed by atoms with Gasteiger partial charge in [0.15, 0.2) is 0 Å². The Labute approximate surface area is 109 Å². The fourth-order valence-corrected chi connectivity index (χ4v) is 2.91. The summed E-state index contributed by atoms with van der Waals surface area (Å²) in [6.07, 6.45) is 2.27. The minimum absolute atomic E-state index is 0.642. The Balaban J connectivity index is 2.01. The molecule has 96 valence electrons. The van der Waals surface area contributed by atoms with Crippen molar-refractivity contribution in [1.82, 2.24) is 9.88 Å². The maximum atomic E-state index is 3.52. The molecular formula is C16H22N2.